The van der Waals surface area contributed by atoms with Crippen molar-refractivity contribution in [1.82, 2.24) is 9.55 Å². The Bertz CT molecular complexity index is 551. The fraction of sp³-hybridized carbons (Fsp3) is 0.308. The Morgan fingerprint density at radius 1 is 1.39 bits per heavy atom. The Morgan fingerprint density at radius 2 is 2.17 bits per heavy atom. The molecule has 1 atom stereocenters. The number of hydrogen-bond donors (Lipinski definition) is 1. The maximum Gasteiger partial charge on any atom is 0.203 e. The van der Waals surface area contributed by atoms with Gasteiger partial charge in [-0.05, 0) is 25.0 Å². The molecule has 0 saturated heterocycles. The summed E-state index contributed by atoms with van der Waals surface area (Å²) >= 11 is 0. The molecule has 96 valence electrons. The summed E-state index contributed by atoms with van der Waals surface area (Å²) < 4.78 is 13.9. The predicted octanol–water partition coefficient (Wildman–Crippen LogP) is 1.67. The monoisotopic (exact) mass is 264 g/mol. The Hall–Kier alpha value is -1.46. The Morgan fingerprint density at radius 3 is 2.89 bits per heavy atom. The summed E-state index contributed by atoms with van der Waals surface area (Å²) in [5.41, 5.74) is 2.10. The number of imidazole rings is 1. The largest absolute Gasteiger partial charge is 0.396 e. The van der Waals surface area contributed by atoms with E-state index >= 15 is 0 Å². The molecule has 4 nitrogen and oxygen atoms in total. The average Bonchev–Trinajstić information content (AvgIpc) is 2.85. The maximum absolute atomic E-state index is 12.1. The van der Waals surface area contributed by atoms with Crippen LogP contribution in [0.1, 0.15) is 12.0 Å². The van der Waals surface area contributed by atoms with Crippen molar-refractivity contribution in [1.29, 1.82) is 0 Å². The first-order valence-electron chi connectivity index (χ1n) is 5.82. The van der Waals surface area contributed by atoms with Crippen LogP contribution in [-0.2, 0) is 10.8 Å². The van der Waals surface area contributed by atoms with E-state index in [1.54, 1.807) is 6.20 Å². The van der Waals surface area contributed by atoms with Crippen LogP contribution in [0.4, 0.5) is 0 Å². The zero-order valence-electron chi connectivity index (χ0n) is 10.2. The minimum atomic E-state index is -1.18. The van der Waals surface area contributed by atoms with E-state index in [0.29, 0.717) is 17.3 Å². The molecule has 0 unspecified atom stereocenters. The molecule has 0 aliphatic rings. The van der Waals surface area contributed by atoms with E-state index in [9.17, 15) is 4.21 Å². The van der Waals surface area contributed by atoms with E-state index in [-0.39, 0.29) is 6.61 Å². The third-order valence-corrected chi connectivity index (χ3v) is 4.04. The smallest absolute Gasteiger partial charge is 0.203 e. The summed E-state index contributed by atoms with van der Waals surface area (Å²) in [6, 6.07) is 7.90. The molecule has 1 aromatic heterocycles. The number of aliphatic hydroxyl groups excluding tert-OH is 1. The number of para-hydroxylation sites is 1. The van der Waals surface area contributed by atoms with Crippen molar-refractivity contribution in [2.24, 2.45) is 0 Å². The second-order valence-corrected chi connectivity index (χ2v) is 5.46. The molecule has 0 aliphatic carbocycles. The number of rotatable bonds is 5. The molecule has 1 N–H and O–H groups in total. The molecule has 2 rings (SSSR count). The van der Waals surface area contributed by atoms with E-state index in [0.717, 1.165) is 11.3 Å². The van der Waals surface area contributed by atoms with E-state index in [1.165, 1.54) is 0 Å². The van der Waals surface area contributed by atoms with E-state index in [2.05, 4.69) is 4.98 Å². The molecule has 0 spiro atoms. The zero-order valence-corrected chi connectivity index (χ0v) is 11.1. The molecule has 0 aliphatic heterocycles. The van der Waals surface area contributed by atoms with Crippen LogP contribution >= 0.6 is 0 Å². The van der Waals surface area contributed by atoms with Crippen LogP contribution in [0.25, 0.3) is 5.69 Å². The predicted molar refractivity (Wildman–Crippen MR) is 71.3 cm³/mol. The number of nitrogens with zero attached hydrogens (tertiary/aromatic N) is 2. The van der Waals surface area contributed by atoms with Crippen molar-refractivity contribution >= 4 is 10.8 Å². The summed E-state index contributed by atoms with van der Waals surface area (Å²) in [5, 5.41) is 9.32. The maximum atomic E-state index is 12.1. The highest BCUT2D eigenvalue weighted by molar-refractivity contribution is 7.84. The van der Waals surface area contributed by atoms with Crippen LogP contribution in [0.3, 0.4) is 0 Å². The molecule has 0 fully saturated rings. The minimum Gasteiger partial charge on any atom is -0.396 e. The van der Waals surface area contributed by atoms with E-state index in [1.807, 2.05) is 42.0 Å². The molecule has 18 heavy (non-hydrogen) atoms. The lowest BCUT2D eigenvalue weighted by atomic mass is 10.2. The number of hydrogen-bond acceptors (Lipinski definition) is 3. The molecule has 2 aromatic rings. The lowest BCUT2D eigenvalue weighted by Gasteiger charge is -2.09. The van der Waals surface area contributed by atoms with Gasteiger partial charge in [-0.1, -0.05) is 18.2 Å². The van der Waals surface area contributed by atoms with Crippen molar-refractivity contribution < 1.29 is 9.32 Å². The quantitative estimate of drug-likeness (QED) is 0.893. The SMILES string of the molecule is Cc1ccccc1-n1ccnc1[S@](=O)CCCO. The first-order chi connectivity index (χ1) is 8.74. The molecule has 0 saturated carbocycles. The summed E-state index contributed by atoms with van der Waals surface area (Å²) in [4.78, 5) is 4.17. The number of aliphatic hydroxyl groups is 1. The summed E-state index contributed by atoms with van der Waals surface area (Å²) in [5.74, 6) is 0.430. The number of aromatic nitrogens is 2. The Kier molecular flexibility index (Phi) is 4.28. The standard InChI is InChI=1S/C13H16N2O2S/c1-11-5-2-3-6-12(11)15-8-7-14-13(15)18(17)10-4-9-16/h2-3,5-8,16H,4,9-10H2,1H3/t18-/m1/s1. The highest BCUT2D eigenvalue weighted by Gasteiger charge is 2.12. The first kappa shape index (κ1) is 13.0. The lowest BCUT2D eigenvalue weighted by molar-refractivity contribution is 0.296. The third-order valence-electron chi connectivity index (χ3n) is 2.67. The second kappa shape index (κ2) is 5.93. The molecule has 1 aromatic carbocycles. The van der Waals surface area contributed by atoms with Crippen LogP contribution in [0, 0.1) is 6.92 Å². The summed E-state index contributed by atoms with van der Waals surface area (Å²) in [7, 11) is -1.18. The van der Waals surface area contributed by atoms with Crippen LogP contribution in [0.5, 0.6) is 0 Å². The van der Waals surface area contributed by atoms with Crippen LogP contribution in [0.2, 0.25) is 0 Å². The molecule has 5 heteroatoms. The van der Waals surface area contributed by atoms with Gasteiger partial charge in [0.15, 0.2) is 0 Å². The van der Waals surface area contributed by atoms with Gasteiger partial charge in [0.25, 0.3) is 0 Å². The third kappa shape index (κ3) is 2.68. The van der Waals surface area contributed by atoms with Gasteiger partial charge in [-0.3, -0.25) is 8.78 Å². The van der Waals surface area contributed by atoms with Crippen molar-refractivity contribution in [3.05, 3.63) is 42.2 Å². The topological polar surface area (TPSA) is 55.1 Å². The Balaban J connectivity index is 2.34. The lowest BCUT2D eigenvalue weighted by Crippen LogP contribution is -2.08. The fourth-order valence-corrected chi connectivity index (χ4v) is 2.89. The van der Waals surface area contributed by atoms with Gasteiger partial charge in [-0.25, -0.2) is 4.98 Å². The van der Waals surface area contributed by atoms with Crippen molar-refractivity contribution in [2.45, 2.75) is 18.5 Å². The zero-order chi connectivity index (χ0) is 13.0. The van der Waals surface area contributed by atoms with Gasteiger partial charge in [-0.15, -0.1) is 0 Å². The fourth-order valence-electron chi connectivity index (χ4n) is 1.76. The van der Waals surface area contributed by atoms with Gasteiger partial charge >= 0.3 is 0 Å². The van der Waals surface area contributed by atoms with Crippen molar-refractivity contribution in [3.63, 3.8) is 0 Å². The Labute approximate surface area is 109 Å². The van der Waals surface area contributed by atoms with Gasteiger partial charge in [0.05, 0.1) is 16.5 Å². The number of benzene rings is 1. The normalized spacial score (nSPS) is 12.6. The molecular weight excluding hydrogens is 248 g/mol. The van der Waals surface area contributed by atoms with Crippen LogP contribution < -0.4 is 0 Å². The van der Waals surface area contributed by atoms with Crippen LogP contribution in [0.15, 0.2) is 41.8 Å². The second-order valence-electron chi connectivity index (χ2n) is 3.99. The van der Waals surface area contributed by atoms with Gasteiger partial charge in [0.1, 0.15) is 0 Å². The van der Waals surface area contributed by atoms with E-state index < -0.39 is 10.8 Å². The average molecular weight is 264 g/mol. The molecular formula is C13H16N2O2S. The van der Waals surface area contributed by atoms with Crippen LogP contribution in [-0.4, -0.2) is 31.2 Å². The molecule has 0 bridgehead atoms. The highest BCUT2D eigenvalue weighted by Crippen LogP contribution is 2.17. The summed E-state index contributed by atoms with van der Waals surface area (Å²) in [6.45, 7) is 2.06. The van der Waals surface area contributed by atoms with Gasteiger partial charge in [-0.2, -0.15) is 0 Å². The molecule has 0 radical (unpaired) electrons. The minimum absolute atomic E-state index is 0.0524. The number of aryl methyl sites for hydroxylation is 1. The summed E-state index contributed by atoms with van der Waals surface area (Å²) in [6.07, 6.45) is 3.99. The molecule has 1 heterocycles. The van der Waals surface area contributed by atoms with Gasteiger partial charge in [0, 0.05) is 24.8 Å². The highest BCUT2D eigenvalue weighted by atomic mass is 32.2. The molecule has 0 amide bonds. The van der Waals surface area contributed by atoms with E-state index in [4.69, 9.17) is 5.11 Å². The van der Waals surface area contributed by atoms with Gasteiger partial charge < -0.3 is 5.11 Å². The van der Waals surface area contributed by atoms with Crippen molar-refractivity contribution in [2.75, 3.05) is 12.4 Å². The van der Waals surface area contributed by atoms with Crippen molar-refractivity contribution in [3.8, 4) is 5.69 Å². The first-order valence-corrected chi connectivity index (χ1v) is 7.14. The van der Waals surface area contributed by atoms with Gasteiger partial charge in [0.2, 0.25) is 5.16 Å².